The van der Waals surface area contributed by atoms with Gasteiger partial charge >= 0.3 is 17.9 Å². The molecule has 6 unspecified atom stereocenters. The van der Waals surface area contributed by atoms with Gasteiger partial charge in [0.1, 0.15) is 18.6 Å². The first-order valence-corrected chi connectivity index (χ1v) is 8.92. The highest BCUT2D eigenvalue weighted by Gasteiger charge is 2.67. The quantitative estimate of drug-likeness (QED) is 0.357. The van der Waals surface area contributed by atoms with Crippen molar-refractivity contribution in [3.8, 4) is 0 Å². The van der Waals surface area contributed by atoms with E-state index in [0.717, 1.165) is 12.1 Å². The highest BCUT2D eigenvalue weighted by atomic mass is 16.6. The second-order valence-electron chi connectivity index (χ2n) is 7.93. The minimum absolute atomic E-state index is 0.00838. The molecule has 4 aliphatic rings. The van der Waals surface area contributed by atoms with Crippen LogP contribution >= 0.6 is 0 Å². The second-order valence-corrected chi connectivity index (χ2v) is 7.93. The number of fused-ring (bicyclic) bond motifs is 1. The van der Waals surface area contributed by atoms with Crippen LogP contribution in [0, 0.1) is 11.8 Å². The van der Waals surface area contributed by atoms with Gasteiger partial charge in [0.2, 0.25) is 0 Å². The molecule has 0 aromatic heterocycles. The first kappa shape index (κ1) is 17.5. The van der Waals surface area contributed by atoms with Crippen molar-refractivity contribution in [1.82, 2.24) is 4.90 Å². The first-order chi connectivity index (χ1) is 12.2. The van der Waals surface area contributed by atoms with Crippen molar-refractivity contribution < 1.29 is 33.7 Å². The molecule has 6 atom stereocenters. The van der Waals surface area contributed by atoms with Crippen LogP contribution in [0.4, 0.5) is 0 Å². The van der Waals surface area contributed by atoms with Crippen molar-refractivity contribution >= 4 is 17.9 Å². The monoisotopic (exact) mass is 365 g/mol. The fourth-order valence-corrected chi connectivity index (χ4v) is 4.65. The average molecular weight is 365 g/mol. The molecule has 0 aromatic rings. The SMILES string of the molecule is CC1C(=O)OC2(C)C1C(=O)OC1CCN3CC=C(COC(=O)C2(C)O)C13. The second kappa shape index (κ2) is 5.53. The molecule has 3 fully saturated rings. The molecule has 26 heavy (non-hydrogen) atoms. The predicted molar refractivity (Wildman–Crippen MR) is 86.7 cm³/mol. The minimum Gasteiger partial charge on any atom is -0.460 e. The van der Waals surface area contributed by atoms with Crippen molar-refractivity contribution in [2.75, 3.05) is 19.7 Å². The van der Waals surface area contributed by atoms with Gasteiger partial charge in [-0.05, 0) is 25.8 Å². The lowest BCUT2D eigenvalue weighted by Crippen LogP contribution is -2.61. The van der Waals surface area contributed by atoms with E-state index in [1.54, 1.807) is 6.92 Å². The Morgan fingerprint density at radius 2 is 1.96 bits per heavy atom. The minimum atomic E-state index is -2.19. The Balaban J connectivity index is 1.77. The van der Waals surface area contributed by atoms with Crippen molar-refractivity contribution in [3.63, 3.8) is 0 Å². The number of rotatable bonds is 0. The number of carbonyl (C=O) groups is 3. The lowest BCUT2D eigenvalue weighted by atomic mass is 9.73. The van der Waals surface area contributed by atoms with Gasteiger partial charge in [-0.2, -0.15) is 0 Å². The van der Waals surface area contributed by atoms with Gasteiger partial charge in [-0.3, -0.25) is 14.5 Å². The molecule has 1 N–H and O–H groups in total. The molecule has 4 heterocycles. The topological polar surface area (TPSA) is 102 Å². The summed E-state index contributed by atoms with van der Waals surface area (Å²) in [6, 6.07) is -0.130. The molecule has 0 amide bonds. The van der Waals surface area contributed by atoms with E-state index in [1.807, 2.05) is 6.08 Å². The molecular weight excluding hydrogens is 342 g/mol. The van der Waals surface area contributed by atoms with E-state index in [9.17, 15) is 19.5 Å². The van der Waals surface area contributed by atoms with Gasteiger partial charge < -0.3 is 19.3 Å². The Hall–Kier alpha value is -1.93. The maximum absolute atomic E-state index is 13.0. The fraction of sp³-hybridized carbons (Fsp3) is 0.722. The van der Waals surface area contributed by atoms with E-state index < -0.39 is 40.9 Å². The molecule has 0 aliphatic carbocycles. The van der Waals surface area contributed by atoms with Gasteiger partial charge in [-0.15, -0.1) is 0 Å². The summed E-state index contributed by atoms with van der Waals surface area (Å²) in [6.45, 7) is 5.65. The molecule has 0 spiro atoms. The maximum atomic E-state index is 13.0. The zero-order chi connectivity index (χ0) is 18.9. The van der Waals surface area contributed by atoms with Gasteiger partial charge in [-0.1, -0.05) is 13.0 Å². The van der Waals surface area contributed by atoms with Crippen LogP contribution in [0.25, 0.3) is 0 Å². The van der Waals surface area contributed by atoms with Crippen LogP contribution in [0.5, 0.6) is 0 Å². The molecule has 3 saturated heterocycles. The van der Waals surface area contributed by atoms with E-state index >= 15 is 0 Å². The highest BCUT2D eigenvalue weighted by molar-refractivity contribution is 5.91. The largest absolute Gasteiger partial charge is 0.460 e. The molecule has 0 aromatic carbocycles. The van der Waals surface area contributed by atoms with Gasteiger partial charge in [0.25, 0.3) is 0 Å². The van der Waals surface area contributed by atoms with Crippen molar-refractivity contribution in [2.24, 2.45) is 11.8 Å². The van der Waals surface area contributed by atoms with E-state index in [4.69, 9.17) is 14.2 Å². The van der Waals surface area contributed by atoms with Crippen LogP contribution in [0.15, 0.2) is 11.6 Å². The Kier molecular flexibility index (Phi) is 3.72. The number of cyclic esters (lactones) is 1. The van der Waals surface area contributed by atoms with E-state index in [1.165, 1.54) is 13.8 Å². The molecule has 0 bridgehead atoms. The van der Waals surface area contributed by atoms with Crippen LogP contribution in [-0.2, 0) is 28.6 Å². The molecule has 4 rings (SSSR count). The van der Waals surface area contributed by atoms with Crippen LogP contribution in [-0.4, -0.2) is 71.0 Å². The number of hydrogen-bond acceptors (Lipinski definition) is 8. The summed E-state index contributed by atoms with van der Waals surface area (Å²) < 4.78 is 16.5. The third-order valence-electron chi connectivity index (χ3n) is 6.45. The summed E-state index contributed by atoms with van der Waals surface area (Å²) in [6.07, 6.45) is 2.27. The van der Waals surface area contributed by atoms with Crippen molar-refractivity contribution in [3.05, 3.63) is 11.6 Å². The molecule has 8 nitrogen and oxygen atoms in total. The summed E-state index contributed by atoms with van der Waals surface area (Å²) >= 11 is 0. The number of esters is 3. The highest BCUT2D eigenvalue weighted by Crippen LogP contribution is 2.46. The average Bonchev–Trinajstić information content (AvgIpc) is 3.20. The predicted octanol–water partition coefficient (Wildman–Crippen LogP) is -0.212. The summed E-state index contributed by atoms with van der Waals surface area (Å²) in [5.41, 5.74) is -3.08. The van der Waals surface area contributed by atoms with Gasteiger partial charge in [0.05, 0.1) is 12.0 Å². The van der Waals surface area contributed by atoms with Gasteiger partial charge in [0.15, 0.2) is 11.2 Å². The normalized spacial score (nSPS) is 45.8. The number of nitrogens with zero attached hydrogens (tertiary/aromatic N) is 1. The number of ether oxygens (including phenoxy) is 3. The van der Waals surface area contributed by atoms with Gasteiger partial charge in [-0.25, -0.2) is 4.79 Å². The van der Waals surface area contributed by atoms with Crippen LogP contribution in [0.3, 0.4) is 0 Å². The Morgan fingerprint density at radius 1 is 1.23 bits per heavy atom. The van der Waals surface area contributed by atoms with Crippen LogP contribution in [0.2, 0.25) is 0 Å². The summed E-state index contributed by atoms with van der Waals surface area (Å²) in [4.78, 5) is 40.0. The third-order valence-corrected chi connectivity index (χ3v) is 6.45. The lowest BCUT2D eigenvalue weighted by Gasteiger charge is -2.39. The molecule has 142 valence electrons. The molecule has 0 saturated carbocycles. The number of carbonyl (C=O) groups excluding carboxylic acids is 3. The lowest BCUT2D eigenvalue weighted by molar-refractivity contribution is -0.204. The molecule has 0 radical (unpaired) electrons. The molecule has 8 heteroatoms. The van der Waals surface area contributed by atoms with Crippen LogP contribution < -0.4 is 0 Å². The first-order valence-electron chi connectivity index (χ1n) is 8.92. The van der Waals surface area contributed by atoms with E-state index in [2.05, 4.69) is 4.90 Å². The van der Waals surface area contributed by atoms with Crippen molar-refractivity contribution in [2.45, 2.75) is 50.5 Å². The Bertz CT molecular complexity index is 714. The van der Waals surface area contributed by atoms with E-state index in [0.29, 0.717) is 13.0 Å². The summed E-state index contributed by atoms with van der Waals surface area (Å²) in [7, 11) is 0. The smallest absolute Gasteiger partial charge is 0.342 e. The zero-order valence-corrected chi connectivity index (χ0v) is 15.1. The van der Waals surface area contributed by atoms with E-state index in [-0.39, 0.29) is 18.8 Å². The Labute approximate surface area is 151 Å². The molecule has 4 aliphatic heterocycles. The van der Waals surface area contributed by atoms with Crippen molar-refractivity contribution in [1.29, 1.82) is 0 Å². The number of aliphatic hydroxyl groups is 1. The standard InChI is InChI=1S/C18H23NO7/c1-9-12-15(21)25-11-5-7-19-6-4-10(13(11)19)8-24-16(22)17(2,23)18(12,3)26-14(9)20/h4,9,11-13,23H,5-8H2,1-3H3. The van der Waals surface area contributed by atoms with Gasteiger partial charge in [0, 0.05) is 13.1 Å². The summed E-state index contributed by atoms with van der Waals surface area (Å²) in [5, 5.41) is 10.9. The third kappa shape index (κ3) is 2.18. The fourth-order valence-electron chi connectivity index (χ4n) is 4.65. The molecular formula is C18H23NO7. The van der Waals surface area contributed by atoms with Crippen LogP contribution in [0.1, 0.15) is 27.2 Å². The number of hydrogen-bond donors (Lipinski definition) is 1. The maximum Gasteiger partial charge on any atom is 0.342 e. The Morgan fingerprint density at radius 3 is 2.69 bits per heavy atom. The summed E-state index contributed by atoms with van der Waals surface area (Å²) in [5.74, 6) is -4.12. The zero-order valence-electron chi connectivity index (χ0n) is 15.1.